The van der Waals surface area contributed by atoms with Crippen LogP contribution in [0.1, 0.15) is 53.9 Å². The number of nitrogens with zero attached hydrogens (tertiary/aromatic N) is 2. The Kier molecular flexibility index (Phi) is 4.58. The summed E-state index contributed by atoms with van der Waals surface area (Å²) >= 11 is 0. The third-order valence-corrected chi connectivity index (χ3v) is 5.60. The quantitative estimate of drug-likeness (QED) is 0.905. The van der Waals surface area contributed by atoms with Gasteiger partial charge >= 0.3 is 0 Å². The third kappa shape index (κ3) is 3.28. The van der Waals surface area contributed by atoms with Crippen molar-refractivity contribution in [1.82, 2.24) is 9.88 Å². The maximum absolute atomic E-state index is 13.3. The summed E-state index contributed by atoms with van der Waals surface area (Å²) in [5.74, 6) is 0.166. The standard InChI is InChI=1S/C21H28N2O2/c1-6-16-12-23(8-7-21(16,5)25)20(24)17-11-15(4)22-18-10-13(2)9-14(3)19(17)18/h9-11,16,25H,6-8,12H2,1-5H3/t16-,21+/m0/s1. The fourth-order valence-electron chi connectivity index (χ4n) is 4.10. The van der Waals surface area contributed by atoms with Crippen LogP contribution in [0.15, 0.2) is 18.2 Å². The van der Waals surface area contributed by atoms with E-state index in [1.807, 2.05) is 37.8 Å². The number of hydrogen-bond acceptors (Lipinski definition) is 3. The third-order valence-electron chi connectivity index (χ3n) is 5.60. The lowest BCUT2D eigenvalue weighted by Gasteiger charge is -2.42. The van der Waals surface area contributed by atoms with Crippen molar-refractivity contribution in [3.8, 4) is 0 Å². The zero-order valence-electron chi connectivity index (χ0n) is 15.9. The van der Waals surface area contributed by atoms with Crippen molar-refractivity contribution in [2.75, 3.05) is 13.1 Å². The van der Waals surface area contributed by atoms with E-state index in [0.29, 0.717) is 19.5 Å². The van der Waals surface area contributed by atoms with E-state index < -0.39 is 5.60 Å². The highest BCUT2D eigenvalue weighted by atomic mass is 16.3. The Hall–Kier alpha value is -1.94. The molecule has 1 aliphatic heterocycles. The van der Waals surface area contributed by atoms with Gasteiger partial charge < -0.3 is 10.0 Å². The number of aliphatic hydroxyl groups is 1. The molecule has 0 spiro atoms. The maximum Gasteiger partial charge on any atom is 0.254 e. The second-order valence-corrected chi connectivity index (χ2v) is 7.75. The molecule has 1 fully saturated rings. The predicted molar refractivity (Wildman–Crippen MR) is 101 cm³/mol. The molecule has 3 rings (SSSR count). The summed E-state index contributed by atoms with van der Waals surface area (Å²) in [6.45, 7) is 11.2. The van der Waals surface area contributed by atoms with Gasteiger partial charge in [-0.05, 0) is 63.8 Å². The van der Waals surface area contributed by atoms with Crippen LogP contribution in [-0.4, -0.2) is 39.6 Å². The van der Waals surface area contributed by atoms with Gasteiger partial charge in [-0.2, -0.15) is 0 Å². The first kappa shape index (κ1) is 17.9. The van der Waals surface area contributed by atoms with Crippen LogP contribution in [0.3, 0.4) is 0 Å². The number of hydrogen-bond donors (Lipinski definition) is 1. The van der Waals surface area contributed by atoms with Crippen LogP contribution in [0.25, 0.3) is 10.9 Å². The first-order valence-electron chi connectivity index (χ1n) is 9.13. The number of aromatic nitrogens is 1. The van der Waals surface area contributed by atoms with Gasteiger partial charge in [0.1, 0.15) is 0 Å². The van der Waals surface area contributed by atoms with Crippen LogP contribution in [0.4, 0.5) is 0 Å². The molecule has 25 heavy (non-hydrogen) atoms. The van der Waals surface area contributed by atoms with Gasteiger partial charge in [0, 0.05) is 30.1 Å². The van der Waals surface area contributed by atoms with E-state index in [4.69, 9.17) is 0 Å². The number of fused-ring (bicyclic) bond motifs is 1. The maximum atomic E-state index is 13.3. The number of aryl methyl sites for hydroxylation is 3. The summed E-state index contributed by atoms with van der Waals surface area (Å²) in [6, 6.07) is 6.05. The number of piperidine rings is 1. The van der Waals surface area contributed by atoms with Crippen molar-refractivity contribution in [2.24, 2.45) is 5.92 Å². The van der Waals surface area contributed by atoms with E-state index in [2.05, 4.69) is 24.9 Å². The van der Waals surface area contributed by atoms with Gasteiger partial charge in [-0.15, -0.1) is 0 Å². The SMILES string of the molecule is CC[C@H]1CN(C(=O)c2cc(C)nc3cc(C)cc(C)c23)CC[C@@]1(C)O. The first-order chi connectivity index (χ1) is 11.7. The molecule has 1 aromatic heterocycles. The molecule has 0 bridgehead atoms. The Bertz CT molecular complexity index is 821. The molecule has 0 unspecified atom stereocenters. The van der Waals surface area contributed by atoms with Gasteiger partial charge in [-0.1, -0.05) is 13.0 Å². The van der Waals surface area contributed by atoms with E-state index in [1.165, 1.54) is 0 Å². The van der Waals surface area contributed by atoms with Gasteiger partial charge in [-0.3, -0.25) is 9.78 Å². The van der Waals surface area contributed by atoms with Gasteiger partial charge in [0.2, 0.25) is 0 Å². The van der Waals surface area contributed by atoms with Crippen LogP contribution in [-0.2, 0) is 0 Å². The van der Waals surface area contributed by atoms with Crippen molar-refractivity contribution in [3.63, 3.8) is 0 Å². The summed E-state index contributed by atoms with van der Waals surface area (Å²) in [5, 5.41) is 11.5. The predicted octanol–water partition coefficient (Wildman–Crippen LogP) is 3.78. The molecular weight excluding hydrogens is 312 g/mol. The van der Waals surface area contributed by atoms with Crippen molar-refractivity contribution < 1.29 is 9.90 Å². The van der Waals surface area contributed by atoms with Gasteiger partial charge in [0.15, 0.2) is 0 Å². The molecule has 1 aromatic carbocycles. The number of benzene rings is 1. The summed E-state index contributed by atoms with van der Waals surface area (Å²) in [6.07, 6.45) is 1.49. The zero-order chi connectivity index (χ0) is 18.4. The van der Waals surface area contributed by atoms with Crippen LogP contribution in [0, 0.1) is 26.7 Å². The Morgan fingerprint density at radius 2 is 2.04 bits per heavy atom. The molecule has 0 saturated carbocycles. The highest BCUT2D eigenvalue weighted by Gasteiger charge is 2.38. The second-order valence-electron chi connectivity index (χ2n) is 7.75. The van der Waals surface area contributed by atoms with E-state index >= 15 is 0 Å². The molecule has 1 N–H and O–H groups in total. The first-order valence-corrected chi connectivity index (χ1v) is 9.13. The van der Waals surface area contributed by atoms with Crippen LogP contribution < -0.4 is 0 Å². The van der Waals surface area contributed by atoms with E-state index in [1.54, 1.807) is 0 Å². The molecule has 0 aliphatic carbocycles. The average Bonchev–Trinajstić information content (AvgIpc) is 2.52. The lowest BCUT2D eigenvalue weighted by atomic mass is 9.80. The molecule has 2 aromatic rings. The monoisotopic (exact) mass is 340 g/mol. The van der Waals surface area contributed by atoms with E-state index in [-0.39, 0.29) is 11.8 Å². The second kappa shape index (κ2) is 6.41. The molecular formula is C21H28N2O2. The van der Waals surface area contributed by atoms with Crippen molar-refractivity contribution in [2.45, 2.75) is 53.1 Å². The zero-order valence-corrected chi connectivity index (χ0v) is 15.9. The molecule has 4 nitrogen and oxygen atoms in total. The van der Waals surface area contributed by atoms with Gasteiger partial charge in [0.25, 0.3) is 5.91 Å². The smallest absolute Gasteiger partial charge is 0.254 e. The normalized spacial score (nSPS) is 23.9. The Labute approximate surface area is 149 Å². The Balaban J connectivity index is 2.03. The van der Waals surface area contributed by atoms with Crippen molar-refractivity contribution in [3.05, 3.63) is 40.6 Å². The highest BCUT2D eigenvalue weighted by Crippen LogP contribution is 2.32. The average molecular weight is 340 g/mol. The minimum absolute atomic E-state index is 0.0522. The van der Waals surface area contributed by atoms with Crippen LogP contribution in [0.5, 0.6) is 0 Å². The fourth-order valence-corrected chi connectivity index (χ4v) is 4.10. The molecule has 1 saturated heterocycles. The number of amides is 1. The summed E-state index contributed by atoms with van der Waals surface area (Å²) in [5.41, 5.74) is 4.03. The minimum Gasteiger partial charge on any atom is -0.390 e. The van der Waals surface area contributed by atoms with Crippen molar-refractivity contribution in [1.29, 1.82) is 0 Å². The Morgan fingerprint density at radius 1 is 1.32 bits per heavy atom. The lowest BCUT2D eigenvalue weighted by molar-refractivity contribution is -0.0520. The van der Waals surface area contributed by atoms with Crippen LogP contribution >= 0.6 is 0 Å². The molecule has 4 heteroatoms. The highest BCUT2D eigenvalue weighted by molar-refractivity contribution is 6.07. The summed E-state index contributed by atoms with van der Waals surface area (Å²) in [4.78, 5) is 19.8. The number of pyridine rings is 1. The number of carbonyl (C=O) groups is 1. The minimum atomic E-state index is -0.686. The molecule has 1 aliphatic rings. The largest absolute Gasteiger partial charge is 0.390 e. The van der Waals surface area contributed by atoms with Gasteiger partial charge in [-0.25, -0.2) is 0 Å². The molecule has 134 valence electrons. The number of carbonyl (C=O) groups excluding carboxylic acids is 1. The van der Waals surface area contributed by atoms with E-state index in [0.717, 1.165) is 39.7 Å². The lowest BCUT2D eigenvalue weighted by Crippen LogP contribution is -2.51. The number of rotatable bonds is 2. The molecule has 2 atom stereocenters. The van der Waals surface area contributed by atoms with E-state index in [9.17, 15) is 9.90 Å². The molecule has 2 heterocycles. The topological polar surface area (TPSA) is 53.4 Å². The van der Waals surface area contributed by atoms with Crippen LogP contribution in [0.2, 0.25) is 0 Å². The summed E-state index contributed by atoms with van der Waals surface area (Å²) < 4.78 is 0. The Morgan fingerprint density at radius 3 is 2.72 bits per heavy atom. The molecule has 0 radical (unpaired) electrons. The number of likely N-dealkylation sites (tertiary alicyclic amines) is 1. The summed E-state index contributed by atoms with van der Waals surface area (Å²) in [7, 11) is 0. The van der Waals surface area contributed by atoms with Gasteiger partial charge in [0.05, 0.1) is 16.7 Å². The molecule has 1 amide bonds. The fraction of sp³-hybridized carbons (Fsp3) is 0.524. The van der Waals surface area contributed by atoms with Crippen molar-refractivity contribution >= 4 is 16.8 Å².